The number of aliphatic hydroxyl groups excluding tert-OH is 1. The van der Waals surface area contributed by atoms with E-state index in [9.17, 15) is 15.0 Å². The summed E-state index contributed by atoms with van der Waals surface area (Å²) >= 11 is 0. The lowest BCUT2D eigenvalue weighted by Crippen LogP contribution is -2.42. The molecule has 206 valence electrons. The van der Waals surface area contributed by atoms with E-state index in [1.54, 1.807) is 41.0 Å². The van der Waals surface area contributed by atoms with Gasteiger partial charge in [0.25, 0.3) is 5.56 Å². The van der Waals surface area contributed by atoms with Gasteiger partial charge < -0.3 is 20.5 Å². The molecular formula is C29H35FN6O3. The SMILES string of the molecule is CCCc1[nH]/c(=N\C=N)n(C2CCCCC2)c(=O)c1Cc1ccc(-c2ccccc2C(=N)NC(O)O)cc1F. The van der Waals surface area contributed by atoms with Crippen LogP contribution in [0.3, 0.4) is 0 Å². The van der Waals surface area contributed by atoms with E-state index in [4.69, 9.17) is 10.8 Å². The van der Waals surface area contributed by atoms with Crippen molar-refractivity contribution in [3.8, 4) is 11.1 Å². The van der Waals surface area contributed by atoms with Crippen molar-refractivity contribution in [3.63, 3.8) is 0 Å². The molecule has 4 rings (SSSR count). The van der Waals surface area contributed by atoms with Gasteiger partial charge in [0.05, 0.1) is 0 Å². The van der Waals surface area contributed by atoms with Crippen LogP contribution in [-0.2, 0) is 12.8 Å². The number of aromatic nitrogens is 2. The molecule has 1 aliphatic carbocycles. The molecule has 1 fully saturated rings. The number of aromatic amines is 1. The van der Waals surface area contributed by atoms with Gasteiger partial charge in [0, 0.05) is 29.3 Å². The molecule has 1 saturated carbocycles. The molecule has 9 nitrogen and oxygen atoms in total. The van der Waals surface area contributed by atoms with E-state index in [0.29, 0.717) is 45.6 Å². The molecule has 10 heteroatoms. The minimum Gasteiger partial charge on any atom is -0.351 e. The van der Waals surface area contributed by atoms with Crippen LogP contribution in [0.2, 0.25) is 0 Å². The Hall–Kier alpha value is -3.89. The van der Waals surface area contributed by atoms with E-state index in [-0.39, 0.29) is 23.9 Å². The number of hydrogen-bond acceptors (Lipinski definition) is 5. The lowest BCUT2D eigenvalue weighted by molar-refractivity contribution is -0.0508. The number of rotatable bonds is 9. The van der Waals surface area contributed by atoms with Crippen molar-refractivity contribution >= 4 is 12.2 Å². The Morgan fingerprint density at radius 1 is 1.23 bits per heavy atom. The molecule has 1 aromatic heterocycles. The van der Waals surface area contributed by atoms with Gasteiger partial charge in [0.2, 0.25) is 12.0 Å². The first-order chi connectivity index (χ1) is 18.8. The molecule has 0 spiro atoms. The second-order valence-corrected chi connectivity index (χ2v) is 9.80. The quantitative estimate of drug-likeness (QED) is 0.141. The third-order valence-corrected chi connectivity index (χ3v) is 7.16. The van der Waals surface area contributed by atoms with Crippen LogP contribution in [-0.4, -0.2) is 38.4 Å². The normalized spacial score (nSPS) is 14.5. The molecule has 2 aromatic carbocycles. The predicted octanol–water partition coefficient (Wildman–Crippen LogP) is 3.72. The van der Waals surface area contributed by atoms with Gasteiger partial charge in [0.1, 0.15) is 18.0 Å². The third-order valence-electron chi connectivity index (χ3n) is 7.16. The molecule has 39 heavy (non-hydrogen) atoms. The molecule has 0 aliphatic heterocycles. The standard InChI is InChI=1S/C29H35FN6O3/c1-2-8-25-23(27(37)36(28(34-25)33-17-31)20-9-4-3-5-10-20)15-19-14-13-18(16-24(19)30)21-11-6-7-12-22(21)26(32)35-29(38)39/h6-7,11-14,16-17,20,29,38-39H,2-5,8-10,15H2,1H3,(H2,32,35)(H2,31,33,34). The number of benzene rings is 2. The molecule has 0 atom stereocenters. The summed E-state index contributed by atoms with van der Waals surface area (Å²) in [5, 5.41) is 36.3. The zero-order valence-electron chi connectivity index (χ0n) is 22.0. The Morgan fingerprint density at radius 2 is 1.97 bits per heavy atom. The second-order valence-electron chi connectivity index (χ2n) is 9.80. The summed E-state index contributed by atoms with van der Waals surface area (Å²) in [6.07, 6.45) is 5.41. The van der Waals surface area contributed by atoms with Gasteiger partial charge in [-0.25, -0.2) is 9.38 Å². The monoisotopic (exact) mass is 534 g/mol. The van der Waals surface area contributed by atoms with Crippen LogP contribution in [0, 0.1) is 16.6 Å². The fourth-order valence-electron chi connectivity index (χ4n) is 5.33. The van der Waals surface area contributed by atoms with Crippen molar-refractivity contribution in [2.24, 2.45) is 4.99 Å². The molecule has 6 N–H and O–H groups in total. The van der Waals surface area contributed by atoms with Gasteiger partial charge in [-0.15, -0.1) is 0 Å². The van der Waals surface area contributed by atoms with Crippen molar-refractivity contribution < 1.29 is 14.6 Å². The summed E-state index contributed by atoms with van der Waals surface area (Å²) in [4.78, 5) is 21.3. The van der Waals surface area contributed by atoms with E-state index in [1.165, 1.54) is 6.07 Å². The summed E-state index contributed by atoms with van der Waals surface area (Å²) in [7, 11) is 0. The highest BCUT2D eigenvalue weighted by molar-refractivity contribution is 6.02. The number of hydrogen-bond donors (Lipinski definition) is 6. The molecule has 0 radical (unpaired) electrons. The van der Waals surface area contributed by atoms with E-state index >= 15 is 4.39 Å². The zero-order chi connectivity index (χ0) is 27.9. The molecule has 0 unspecified atom stereocenters. The van der Waals surface area contributed by atoms with E-state index in [2.05, 4.69) is 15.3 Å². The molecule has 0 amide bonds. The molecular weight excluding hydrogens is 499 g/mol. The van der Waals surface area contributed by atoms with Gasteiger partial charge in [-0.2, -0.15) is 0 Å². The van der Waals surface area contributed by atoms with Crippen LogP contribution in [0.1, 0.15) is 73.9 Å². The topological polar surface area (TPSA) is 150 Å². The average Bonchev–Trinajstić information content (AvgIpc) is 2.92. The molecule has 1 heterocycles. The van der Waals surface area contributed by atoms with Crippen molar-refractivity contribution in [2.75, 3.05) is 0 Å². The Morgan fingerprint density at radius 3 is 2.64 bits per heavy atom. The van der Waals surface area contributed by atoms with Crippen molar-refractivity contribution in [3.05, 3.63) is 86.6 Å². The molecule has 0 bridgehead atoms. The Bertz CT molecular complexity index is 1470. The van der Waals surface area contributed by atoms with E-state index in [1.807, 2.05) is 6.92 Å². The van der Waals surface area contributed by atoms with Crippen LogP contribution in [0.4, 0.5) is 4.39 Å². The van der Waals surface area contributed by atoms with Crippen molar-refractivity contribution in [2.45, 2.75) is 70.7 Å². The summed E-state index contributed by atoms with van der Waals surface area (Å²) in [6.45, 7) is 2.01. The first kappa shape index (κ1) is 28.1. The summed E-state index contributed by atoms with van der Waals surface area (Å²) in [5.41, 5.74) is 3.20. The number of nitrogens with zero attached hydrogens (tertiary/aromatic N) is 2. The van der Waals surface area contributed by atoms with Gasteiger partial charge in [0.15, 0.2) is 0 Å². The maximum atomic E-state index is 15.6. The third kappa shape index (κ3) is 6.40. The van der Waals surface area contributed by atoms with E-state index in [0.717, 1.165) is 44.9 Å². The van der Waals surface area contributed by atoms with Crippen LogP contribution in [0.5, 0.6) is 0 Å². The number of aryl methyl sites for hydroxylation is 1. The number of amidine groups is 1. The largest absolute Gasteiger partial charge is 0.351 e. The summed E-state index contributed by atoms with van der Waals surface area (Å²) in [6, 6.07) is 11.6. The summed E-state index contributed by atoms with van der Waals surface area (Å²) in [5.74, 6) is -0.688. The van der Waals surface area contributed by atoms with E-state index < -0.39 is 12.2 Å². The predicted molar refractivity (Wildman–Crippen MR) is 148 cm³/mol. The molecule has 3 aromatic rings. The highest BCUT2D eigenvalue weighted by Gasteiger charge is 2.22. The van der Waals surface area contributed by atoms with Crippen molar-refractivity contribution in [1.29, 1.82) is 10.8 Å². The van der Waals surface area contributed by atoms with Gasteiger partial charge in [-0.05, 0) is 42.0 Å². The van der Waals surface area contributed by atoms with Gasteiger partial charge >= 0.3 is 0 Å². The smallest absolute Gasteiger partial charge is 0.258 e. The highest BCUT2D eigenvalue weighted by Crippen LogP contribution is 2.28. The average molecular weight is 535 g/mol. The fraction of sp³-hybridized carbons (Fsp3) is 0.379. The minimum atomic E-state index is -1.89. The number of H-pyrrole nitrogens is 1. The van der Waals surface area contributed by atoms with Crippen LogP contribution >= 0.6 is 0 Å². The Balaban J connectivity index is 1.75. The fourth-order valence-corrected chi connectivity index (χ4v) is 5.33. The van der Waals surface area contributed by atoms with Crippen LogP contribution in [0.25, 0.3) is 11.1 Å². The Kier molecular flexibility index (Phi) is 9.21. The van der Waals surface area contributed by atoms with Crippen LogP contribution in [0.15, 0.2) is 52.3 Å². The minimum absolute atomic E-state index is 0.0132. The Labute approximate surface area is 226 Å². The lowest BCUT2D eigenvalue weighted by Gasteiger charge is -2.25. The van der Waals surface area contributed by atoms with Gasteiger partial charge in [-0.3, -0.25) is 20.2 Å². The maximum absolute atomic E-state index is 15.6. The highest BCUT2D eigenvalue weighted by atomic mass is 19.1. The zero-order valence-corrected chi connectivity index (χ0v) is 22.0. The number of aliphatic hydroxyl groups is 2. The number of halogens is 1. The summed E-state index contributed by atoms with van der Waals surface area (Å²) < 4.78 is 17.2. The second kappa shape index (κ2) is 12.8. The van der Waals surface area contributed by atoms with Crippen molar-refractivity contribution in [1.82, 2.24) is 14.9 Å². The van der Waals surface area contributed by atoms with Gasteiger partial charge in [-0.1, -0.05) is 69.0 Å². The first-order valence-corrected chi connectivity index (χ1v) is 13.3. The maximum Gasteiger partial charge on any atom is 0.258 e. The number of nitrogens with one attached hydrogen (secondary N) is 4. The van der Waals surface area contributed by atoms with Crippen LogP contribution < -0.4 is 16.5 Å². The lowest BCUT2D eigenvalue weighted by atomic mass is 9.94. The first-order valence-electron chi connectivity index (χ1n) is 13.3. The molecule has 1 aliphatic rings. The molecule has 0 saturated heterocycles.